The molecule has 2 aliphatic heterocycles. The number of methoxy groups -OCH3 is 1. The summed E-state index contributed by atoms with van der Waals surface area (Å²) < 4.78 is 12.0. The number of ketones is 1. The number of benzene rings is 3. The van der Waals surface area contributed by atoms with Gasteiger partial charge in [0.05, 0.1) is 28.9 Å². The first kappa shape index (κ1) is 24.9. The van der Waals surface area contributed by atoms with Crippen LogP contribution in [0.3, 0.4) is 0 Å². The van der Waals surface area contributed by atoms with Crippen molar-refractivity contribution in [3.63, 3.8) is 0 Å². The van der Waals surface area contributed by atoms with Gasteiger partial charge < -0.3 is 19.7 Å². The Labute approximate surface area is 228 Å². The van der Waals surface area contributed by atoms with Gasteiger partial charge in [0.2, 0.25) is 0 Å². The predicted molar refractivity (Wildman–Crippen MR) is 149 cm³/mol. The number of thiazole rings is 1. The Balaban J connectivity index is 1.56. The summed E-state index contributed by atoms with van der Waals surface area (Å²) in [6.07, 6.45) is 0.687. The molecule has 3 heterocycles. The molecule has 1 aromatic heterocycles. The van der Waals surface area contributed by atoms with Crippen molar-refractivity contribution in [2.24, 2.45) is 0 Å². The number of hydrogen-bond donors (Lipinski definition) is 2. The quantitative estimate of drug-likeness (QED) is 0.197. The largest absolute Gasteiger partial charge is 0.507 e. The highest BCUT2D eigenvalue weighted by Crippen LogP contribution is 2.46. The second kappa shape index (κ2) is 9.13. The van der Waals surface area contributed by atoms with Gasteiger partial charge in [0.15, 0.2) is 16.6 Å². The monoisotopic (exact) mass is 542 g/mol. The maximum Gasteiger partial charge on any atom is 0.301 e. The topological polar surface area (TPSA) is 109 Å². The molecule has 8 nitrogen and oxygen atoms in total. The molecule has 39 heavy (non-hydrogen) atoms. The fourth-order valence-corrected chi connectivity index (χ4v) is 6.56. The van der Waals surface area contributed by atoms with Crippen LogP contribution in [0.2, 0.25) is 0 Å². The Morgan fingerprint density at radius 3 is 2.69 bits per heavy atom. The predicted octanol–water partition coefficient (Wildman–Crippen LogP) is 5.58. The zero-order chi connectivity index (χ0) is 27.6. The normalized spacial score (nSPS) is 19.9. The van der Waals surface area contributed by atoms with Crippen LogP contribution in [0.4, 0.5) is 5.13 Å². The van der Waals surface area contributed by atoms with Gasteiger partial charge in [-0.05, 0) is 79.4 Å². The van der Waals surface area contributed by atoms with Gasteiger partial charge in [-0.1, -0.05) is 23.5 Å². The number of aliphatic hydroxyl groups is 1. The first-order valence-corrected chi connectivity index (χ1v) is 13.3. The molecule has 1 saturated heterocycles. The zero-order valence-electron chi connectivity index (χ0n) is 21.8. The lowest BCUT2D eigenvalue weighted by Crippen LogP contribution is -2.29. The molecule has 6 rings (SSSR count). The van der Waals surface area contributed by atoms with E-state index in [-0.39, 0.29) is 28.9 Å². The summed E-state index contributed by atoms with van der Waals surface area (Å²) >= 11 is 1.31. The van der Waals surface area contributed by atoms with Gasteiger partial charge >= 0.3 is 5.91 Å². The van der Waals surface area contributed by atoms with E-state index in [0.29, 0.717) is 22.7 Å². The highest BCUT2D eigenvalue weighted by atomic mass is 32.1. The Morgan fingerprint density at radius 2 is 1.92 bits per heavy atom. The molecule has 1 amide bonds. The third-order valence-corrected chi connectivity index (χ3v) is 8.16. The lowest BCUT2D eigenvalue weighted by Gasteiger charge is -2.23. The number of carbonyl (C=O) groups is 2. The Hall–Kier alpha value is -4.37. The molecule has 0 unspecified atom stereocenters. The summed E-state index contributed by atoms with van der Waals surface area (Å²) in [5.41, 5.74) is 4.52. The van der Waals surface area contributed by atoms with Crippen LogP contribution in [0, 0.1) is 13.8 Å². The van der Waals surface area contributed by atoms with E-state index in [1.807, 2.05) is 32.9 Å². The summed E-state index contributed by atoms with van der Waals surface area (Å²) in [4.78, 5) is 33.3. The van der Waals surface area contributed by atoms with Crippen LogP contribution < -0.4 is 14.4 Å². The van der Waals surface area contributed by atoms with Crippen molar-refractivity contribution in [3.05, 3.63) is 81.9 Å². The van der Waals surface area contributed by atoms with Crippen LogP contribution in [0.25, 0.3) is 16.0 Å². The number of anilines is 1. The van der Waals surface area contributed by atoms with E-state index in [4.69, 9.17) is 14.5 Å². The van der Waals surface area contributed by atoms with E-state index in [0.717, 1.165) is 32.7 Å². The van der Waals surface area contributed by atoms with E-state index in [1.165, 1.54) is 29.4 Å². The third kappa shape index (κ3) is 4.01. The molecule has 198 valence electrons. The highest BCUT2D eigenvalue weighted by molar-refractivity contribution is 7.22. The molecule has 0 saturated carbocycles. The Kier molecular flexibility index (Phi) is 5.84. The number of aliphatic hydroxyl groups excluding tert-OH is 1. The lowest BCUT2D eigenvalue weighted by molar-refractivity contribution is -0.132. The van der Waals surface area contributed by atoms with Crippen molar-refractivity contribution >= 4 is 44.1 Å². The number of aromatic hydroxyl groups is 1. The van der Waals surface area contributed by atoms with Crippen molar-refractivity contribution in [3.8, 4) is 17.2 Å². The van der Waals surface area contributed by atoms with Crippen LogP contribution in [0.5, 0.6) is 17.2 Å². The summed E-state index contributed by atoms with van der Waals surface area (Å²) in [6, 6.07) is 12.9. The Bertz CT molecular complexity index is 1720. The van der Waals surface area contributed by atoms with Gasteiger partial charge in [-0.15, -0.1) is 0 Å². The van der Waals surface area contributed by atoms with Crippen molar-refractivity contribution in [1.29, 1.82) is 0 Å². The smallest absolute Gasteiger partial charge is 0.301 e. The van der Waals surface area contributed by atoms with Crippen molar-refractivity contribution in [1.82, 2.24) is 4.98 Å². The van der Waals surface area contributed by atoms with Gasteiger partial charge in [-0.25, -0.2) is 4.98 Å². The average molecular weight is 543 g/mol. The van der Waals surface area contributed by atoms with Crippen LogP contribution in [-0.2, 0) is 16.0 Å². The van der Waals surface area contributed by atoms with Crippen molar-refractivity contribution in [2.45, 2.75) is 39.3 Å². The zero-order valence-corrected chi connectivity index (χ0v) is 22.6. The molecule has 0 radical (unpaired) electrons. The van der Waals surface area contributed by atoms with Crippen molar-refractivity contribution in [2.75, 3.05) is 12.0 Å². The molecule has 2 N–H and O–H groups in total. The molecular weight excluding hydrogens is 516 g/mol. The fraction of sp³-hybridized carbons (Fsp3) is 0.233. The van der Waals surface area contributed by atoms with Gasteiger partial charge in [0.25, 0.3) is 5.78 Å². The van der Waals surface area contributed by atoms with Gasteiger partial charge in [0, 0.05) is 12.0 Å². The van der Waals surface area contributed by atoms with Gasteiger partial charge in [0.1, 0.15) is 17.6 Å². The standard InChI is InChI=1S/C30H26N2O6S/c1-14-9-15(2)25-23(10-14)39-30(31-25)32-26(17-5-7-20(33)22(13-17)37-4)24(28(35)29(32)36)27(34)18-6-8-21-19(12-18)11-16(3)38-21/h5-10,12-13,16,26,33-34H,11H2,1-4H3/t16-,26-/m0/s1. The van der Waals surface area contributed by atoms with E-state index in [2.05, 4.69) is 0 Å². The number of amides is 1. The SMILES string of the molecule is COc1cc([C@H]2C(=C(O)c3ccc4c(c3)C[C@H](C)O4)C(=O)C(=O)N2c2nc3c(C)cc(C)cc3s2)ccc1O. The summed E-state index contributed by atoms with van der Waals surface area (Å²) in [7, 11) is 1.42. The first-order valence-electron chi connectivity index (χ1n) is 12.5. The van der Waals surface area contributed by atoms with Gasteiger partial charge in [-0.2, -0.15) is 0 Å². The molecular formula is C30H26N2O6S. The van der Waals surface area contributed by atoms with Gasteiger partial charge in [-0.3, -0.25) is 14.5 Å². The van der Waals surface area contributed by atoms with Crippen LogP contribution >= 0.6 is 11.3 Å². The molecule has 1 fully saturated rings. The number of nitrogens with zero attached hydrogens (tertiary/aromatic N) is 2. The number of fused-ring (bicyclic) bond motifs is 2. The number of carbonyl (C=O) groups excluding carboxylic acids is 2. The minimum absolute atomic E-state index is 0.0126. The summed E-state index contributed by atoms with van der Waals surface area (Å²) in [5, 5.41) is 22.1. The number of phenols is 1. The van der Waals surface area contributed by atoms with Crippen LogP contribution in [0.15, 0.2) is 54.1 Å². The molecule has 0 spiro atoms. The molecule has 9 heteroatoms. The van der Waals surface area contributed by atoms with E-state index in [1.54, 1.807) is 30.3 Å². The number of aryl methyl sites for hydroxylation is 2. The molecule has 4 aromatic rings. The summed E-state index contributed by atoms with van der Waals surface area (Å²) in [5.74, 6) is -1.07. The first-order chi connectivity index (χ1) is 18.7. The number of hydrogen-bond acceptors (Lipinski definition) is 8. The number of rotatable bonds is 4. The van der Waals surface area contributed by atoms with Crippen LogP contribution in [0.1, 0.15) is 40.8 Å². The minimum atomic E-state index is -0.995. The van der Waals surface area contributed by atoms with Crippen LogP contribution in [-0.4, -0.2) is 40.1 Å². The molecule has 3 aromatic carbocycles. The third-order valence-electron chi connectivity index (χ3n) is 7.16. The lowest BCUT2D eigenvalue weighted by atomic mass is 9.94. The Morgan fingerprint density at radius 1 is 1.13 bits per heavy atom. The molecule has 2 atom stereocenters. The van der Waals surface area contributed by atoms with E-state index in [9.17, 15) is 19.8 Å². The number of Topliss-reactive ketones (excluding diaryl/α,β-unsaturated/α-hetero) is 1. The number of aromatic nitrogens is 1. The number of phenolic OH excluding ortho intramolecular Hbond substituents is 1. The maximum absolute atomic E-state index is 13.6. The van der Waals surface area contributed by atoms with Crippen molar-refractivity contribution < 1.29 is 29.3 Å². The maximum atomic E-state index is 13.6. The summed E-state index contributed by atoms with van der Waals surface area (Å²) in [6.45, 7) is 5.90. The van der Waals surface area contributed by atoms with E-state index >= 15 is 0 Å². The molecule has 0 bridgehead atoms. The van der Waals surface area contributed by atoms with E-state index < -0.39 is 17.7 Å². The second-order valence-electron chi connectivity index (χ2n) is 9.98. The highest BCUT2D eigenvalue weighted by Gasteiger charge is 2.48. The minimum Gasteiger partial charge on any atom is -0.507 e. The fourth-order valence-electron chi connectivity index (χ4n) is 5.40. The molecule has 2 aliphatic rings. The second-order valence-corrected chi connectivity index (χ2v) is 11.0. The molecule has 0 aliphatic carbocycles. The number of ether oxygens (including phenoxy) is 2. The average Bonchev–Trinajstić information content (AvgIpc) is 3.56.